The number of hydrogen-bond acceptors (Lipinski definition) is 4. The van der Waals surface area contributed by atoms with Crippen LogP contribution < -0.4 is 10.1 Å². The van der Waals surface area contributed by atoms with Gasteiger partial charge in [0.25, 0.3) is 5.91 Å². The Morgan fingerprint density at radius 2 is 1.63 bits per heavy atom. The summed E-state index contributed by atoms with van der Waals surface area (Å²) in [5, 5.41) is 7.62. The lowest BCUT2D eigenvalue weighted by atomic mass is 10.0. The van der Waals surface area contributed by atoms with Gasteiger partial charge in [-0.05, 0) is 18.2 Å². The van der Waals surface area contributed by atoms with Gasteiger partial charge in [-0.1, -0.05) is 66.7 Å². The zero-order chi connectivity index (χ0) is 20.3. The molecule has 0 radical (unpaired) electrons. The van der Waals surface area contributed by atoms with Crippen molar-refractivity contribution in [3.63, 3.8) is 0 Å². The molecule has 0 fully saturated rings. The summed E-state index contributed by atoms with van der Waals surface area (Å²) in [5.74, 6) is 1.27. The number of fused-ring (bicyclic) bond motifs is 1. The van der Waals surface area contributed by atoms with E-state index < -0.39 is 0 Å². The van der Waals surface area contributed by atoms with E-state index >= 15 is 0 Å². The van der Waals surface area contributed by atoms with Crippen molar-refractivity contribution >= 4 is 5.91 Å². The van der Waals surface area contributed by atoms with Gasteiger partial charge in [0.1, 0.15) is 5.75 Å². The average molecular weight is 396 g/mol. The molecule has 1 amide bonds. The monoisotopic (exact) mass is 396 g/mol. The number of hydrogen-bond donors (Lipinski definition) is 1. The fourth-order valence-corrected chi connectivity index (χ4v) is 3.65. The summed E-state index contributed by atoms with van der Waals surface area (Å²) in [7, 11) is 0. The highest BCUT2D eigenvalue weighted by Gasteiger charge is 2.26. The van der Waals surface area contributed by atoms with Crippen LogP contribution in [0.25, 0.3) is 17.1 Å². The molecule has 0 unspecified atom stereocenters. The molecule has 0 spiro atoms. The molecule has 30 heavy (non-hydrogen) atoms. The van der Waals surface area contributed by atoms with E-state index in [1.54, 1.807) is 4.68 Å². The van der Waals surface area contributed by atoms with Crippen LogP contribution in [0.5, 0.6) is 5.75 Å². The lowest BCUT2D eigenvalue weighted by Crippen LogP contribution is -2.32. The van der Waals surface area contributed by atoms with Crippen LogP contribution in [0.15, 0.2) is 84.9 Å². The topological polar surface area (TPSA) is 69.0 Å². The van der Waals surface area contributed by atoms with E-state index in [1.165, 1.54) is 0 Å². The minimum absolute atomic E-state index is 0.133. The number of amides is 1. The van der Waals surface area contributed by atoms with Crippen molar-refractivity contribution in [1.29, 1.82) is 0 Å². The van der Waals surface area contributed by atoms with Crippen LogP contribution in [0.1, 0.15) is 28.6 Å². The zero-order valence-electron chi connectivity index (χ0n) is 16.2. The first kappa shape index (κ1) is 18.1. The van der Waals surface area contributed by atoms with Gasteiger partial charge in [-0.3, -0.25) is 4.79 Å². The fraction of sp³-hybridized carbons (Fsp3) is 0.125. The smallest absolute Gasteiger partial charge is 0.291 e. The standard InChI is InChI=1S/C24H20N4O2/c29-24(25-20-15-16-30-21-14-8-7-13-19(20)21)22-26-23(17-9-3-1-4-10-17)28(27-22)18-11-5-2-6-12-18/h1-14,20H,15-16H2,(H,25,29)/t20-/m1/s1. The predicted molar refractivity (Wildman–Crippen MR) is 114 cm³/mol. The number of carbonyl (C=O) groups is 1. The number of rotatable bonds is 4. The Morgan fingerprint density at radius 3 is 2.43 bits per heavy atom. The van der Waals surface area contributed by atoms with Gasteiger partial charge < -0.3 is 10.1 Å². The summed E-state index contributed by atoms with van der Waals surface area (Å²) in [6.45, 7) is 0.559. The first-order chi connectivity index (χ1) is 14.8. The molecule has 4 aromatic rings. The normalized spacial score (nSPS) is 15.1. The van der Waals surface area contributed by atoms with Crippen molar-refractivity contribution in [2.24, 2.45) is 0 Å². The fourth-order valence-electron chi connectivity index (χ4n) is 3.65. The molecule has 1 aliphatic rings. The van der Waals surface area contributed by atoms with Crippen molar-refractivity contribution in [2.45, 2.75) is 12.5 Å². The summed E-state index contributed by atoms with van der Waals surface area (Å²) in [4.78, 5) is 17.6. The van der Waals surface area contributed by atoms with Crippen LogP contribution in [0.2, 0.25) is 0 Å². The molecule has 0 aliphatic carbocycles. The van der Waals surface area contributed by atoms with Gasteiger partial charge in [0.15, 0.2) is 5.82 Å². The third kappa shape index (κ3) is 3.43. The number of carbonyl (C=O) groups excluding carboxylic acids is 1. The lowest BCUT2D eigenvalue weighted by Gasteiger charge is -2.26. The third-order valence-corrected chi connectivity index (χ3v) is 5.11. The summed E-state index contributed by atoms with van der Waals surface area (Å²) in [6, 6.07) is 27.1. The molecule has 6 heteroatoms. The third-order valence-electron chi connectivity index (χ3n) is 5.11. The van der Waals surface area contributed by atoms with Gasteiger partial charge in [0.2, 0.25) is 5.82 Å². The largest absolute Gasteiger partial charge is 0.493 e. The van der Waals surface area contributed by atoms with Gasteiger partial charge in [-0.15, -0.1) is 5.10 Å². The van der Waals surface area contributed by atoms with Gasteiger partial charge in [0.05, 0.1) is 18.3 Å². The number of nitrogens with one attached hydrogen (secondary N) is 1. The van der Waals surface area contributed by atoms with Crippen molar-refractivity contribution < 1.29 is 9.53 Å². The summed E-state index contributed by atoms with van der Waals surface area (Å²) in [6.07, 6.45) is 0.702. The Kier molecular flexibility index (Phi) is 4.73. The quantitative estimate of drug-likeness (QED) is 0.562. The highest BCUT2D eigenvalue weighted by Crippen LogP contribution is 2.31. The Labute approximate surface area is 174 Å². The number of para-hydroxylation sites is 2. The van der Waals surface area contributed by atoms with Crippen molar-refractivity contribution in [2.75, 3.05) is 6.61 Å². The van der Waals surface area contributed by atoms with Gasteiger partial charge in [0, 0.05) is 17.5 Å². The van der Waals surface area contributed by atoms with Crippen LogP contribution in [0.3, 0.4) is 0 Å². The SMILES string of the molecule is O=C(N[C@@H]1CCOc2ccccc21)c1nc(-c2ccccc2)n(-c2ccccc2)n1. The first-order valence-electron chi connectivity index (χ1n) is 9.90. The van der Waals surface area contributed by atoms with Crippen molar-refractivity contribution in [1.82, 2.24) is 20.1 Å². The number of aromatic nitrogens is 3. The number of ether oxygens (including phenoxy) is 1. The van der Waals surface area contributed by atoms with Crippen molar-refractivity contribution in [3.8, 4) is 22.8 Å². The minimum atomic E-state index is -0.302. The van der Waals surface area contributed by atoms with E-state index in [4.69, 9.17) is 4.74 Å². The maximum Gasteiger partial charge on any atom is 0.291 e. The second-order valence-electron chi connectivity index (χ2n) is 7.07. The lowest BCUT2D eigenvalue weighted by molar-refractivity contribution is 0.0914. The first-order valence-corrected chi connectivity index (χ1v) is 9.90. The number of nitrogens with zero attached hydrogens (tertiary/aromatic N) is 3. The molecule has 1 aromatic heterocycles. The average Bonchev–Trinajstić information content (AvgIpc) is 3.26. The van der Waals surface area contributed by atoms with Gasteiger partial charge in [-0.25, -0.2) is 9.67 Å². The number of benzene rings is 3. The Bertz CT molecular complexity index is 1120. The van der Waals surface area contributed by atoms with Gasteiger partial charge in [-0.2, -0.15) is 0 Å². The maximum absolute atomic E-state index is 13.1. The van der Waals surface area contributed by atoms with Crippen molar-refractivity contribution in [3.05, 3.63) is 96.3 Å². The van der Waals surface area contributed by atoms with Crippen LogP contribution in [0.4, 0.5) is 0 Å². The molecule has 1 aliphatic heterocycles. The Morgan fingerprint density at radius 1 is 0.933 bits per heavy atom. The molecule has 0 saturated carbocycles. The highest BCUT2D eigenvalue weighted by molar-refractivity contribution is 5.91. The van der Waals surface area contributed by atoms with E-state index in [1.807, 2.05) is 84.9 Å². The van der Waals surface area contributed by atoms with Crippen LogP contribution in [0, 0.1) is 0 Å². The van der Waals surface area contributed by atoms with E-state index in [0.29, 0.717) is 18.9 Å². The second kappa shape index (κ2) is 7.83. The summed E-state index contributed by atoms with van der Waals surface area (Å²) < 4.78 is 7.40. The van der Waals surface area contributed by atoms with E-state index in [0.717, 1.165) is 22.6 Å². The molecule has 3 aromatic carbocycles. The van der Waals surface area contributed by atoms with E-state index in [-0.39, 0.29) is 17.8 Å². The molecule has 2 heterocycles. The highest BCUT2D eigenvalue weighted by atomic mass is 16.5. The molecule has 0 saturated heterocycles. The molecular weight excluding hydrogens is 376 g/mol. The molecule has 1 atom stereocenters. The molecule has 148 valence electrons. The Balaban J connectivity index is 1.49. The molecule has 0 bridgehead atoms. The van der Waals surface area contributed by atoms with Crippen LogP contribution >= 0.6 is 0 Å². The molecule has 5 rings (SSSR count). The zero-order valence-corrected chi connectivity index (χ0v) is 16.2. The Hall–Kier alpha value is -3.93. The van der Waals surface area contributed by atoms with E-state index in [2.05, 4.69) is 15.4 Å². The van der Waals surface area contributed by atoms with Crippen LogP contribution in [-0.2, 0) is 0 Å². The summed E-state index contributed by atoms with van der Waals surface area (Å²) >= 11 is 0. The maximum atomic E-state index is 13.1. The molecule has 6 nitrogen and oxygen atoms in total. The molecule has 1 N–H and O–H groups in total. The van der Waals surface area contributed by atoms with Gasteiger partial charge >= 0.3 is 0 Å². The molecular formula is C24H20N4O2. The predicted octanol–water partition coefficient (Wildman–Crippen LogP) is 4.19. The minimum Gasteiger partial charge on any atom is -0.493 e. The van der Waals surface area contributed by atoms with E-state index in [9.17, 15) is 4.79 Å². The summed E-state index contributed by atoms with van der Waals surface area (Å²) in [5.41, 5.74) is 2.71. The van der Waals surface area contributed by atoms with Crippen LogP contribution in [-0.4, -0.2) is 27.3 Å². The second-order valence-corrected chi connectivity index (χ2v) is 7.07.